The number of halogens is 1. The van der Waals surface area contributed by atoms with E-state index in [0.29, 0.717) is 6.42 Å². The van der Waals surface area contributed by atoms with Gasteiger partial charge in [0.25, 0.3) is 5.91 Å². The molecule has 0 spiro atoms. The molecule has 1 aliphatic heterocycles. The molecule has 0 radical (unpaired) electrons. The van der Waals surface area contributed by atoms with Crippen molar-refractivity contribution in [3.8, 4) is 0 Å². The third-order valence-electron chi connectivity index (χ3n) is 4.74. The highest BCUT2D eigenvalue weighted by atomic mass is 32.2. The first-order valence-corrected chi connectivity index (χ1v) is 12.6. The van der Waals surface area contributed by atoms with E-state index in [4.69, 9.17) is 0 Å². The number of carbonyl (C=O) groups excluding carboxylic acids is 1. The largest absolute Gasteiger partial charge is 0.345 e. The van der Waals surface area contributed by atoms with Gasteiger partial charge in [-0.15, -0.1) is 23.1 Å². The number of thiophene rings is 1. The lowest BCUT2D eigenvalue weighted by atomic mass is 10.0. The van der Waals surface area contributed by atoms with Crippen LogP contribution < -0.4 is 10.0 Å². The number of hydrogen-bond acceptors (Lipinski definition) is 5. The van der Waals surface area contributed by atoms with Gasteiger partial charge in [0, 0.05) is 27.6 Å². The van der Waals surface area contributed by atoms with Crippen molar-refractivity contribution in [3.05, 3.63) is 81.8 Å². The topological polar surface area (TPSA) is 75.3 Å². The molecule has 30 heavy (non-hydrogen) atoms. The summed E-state index contributed by atoms with van der Waals surface area (Å²) in [6, 6.07) is 13.9. The number of carbonyl (C=O) groups is 1. The second kappa shape index (κ2) is 8.89. The maximum absolute atomic E-state index is 13.7. The van der Waals surface area contributed by atoms with Crippen LogP contribution in [-0.4, -0.2) is 20.1 Å². The van der Waals surface area contributed by atoms with Gasteiger partial charge in [-0.25, -0.2) is 17.5 Å². The SMILES string of the molecule is O=C(NC1CCSc2ccc(F)cc21)c1cccc(S(=O)(=O)NCc2cccs2)c1. The van der Waals surface area contributed by atoms with Crippen molar-refractivity contribution in [2.75, 3.05) is 5.75 Å². The summed E-state index contributed by atoms with van der Waals surface area (Å²) in [4.78, 5) is 14.7. The Hall–Kier alpha value is -2.20. The summed E-state index contributed by atoms with van der Waals surface area (Å²) >= 11 is 3.09. The van der Waals surface area contributed by atoms with Crippen LogP contribution in [0.5, 0.6) is 0 Å². The lowest BCUT2D eigenvalue weighted by Gasteiger charge is -2.26. The normalized spacial score (nSPS) is 16.1. The van der Waals surface area contributed by atoms with E-state index in [9.17, 15) is 17.6 Å². The van der Waals surface area contributed by atoms with Crippen LogP contribution in [0.4, 0.5) is 4.39 Å². The van der Waals surface area contributed by atoms with Crippen molar-refractivity contribution < 1.29 is 17.6 Å². The molecule has 4 rings (SSSR count). The zero-order chi connectivity index (χ0) is 21.1. The van der Waals surface area contributed by atoms with E-state index < -0.39 is 15.9 Å². The van der Waals surface area contributed by atoms with Gasteiger partial charge >= 0.3 is 0 Å². The fraction of sp³-hybridized carbons (Fsp3) is 0.190. The lowest BCUT2D eigenvalue weighted by molar-refractivity contribution is 0.0934. The fourth-order valence-corrected chi connectivity index (χ4v) is 6.12. The van der Waals surface area contributed by atoms with Crippen molar-refractivity contribution in [2.24, 2.45) is 0 Å². The second-order valence-electron chi connectivity index (χ2n) is 6.78. The van der Waals surface area contributed by atoms with E-state index in [1.165, 1.54) is 35.6 Å². The Balaban J connectivity index is 1.50. The Morgan fingerprint density at radius 2 is 2.00 bits per heavy atom. The van der Waals surface area contributed by atoms with Crippen LogP contribution in [0.1, 0.15) is 33.3 Å². The lowest BCUT2D eigenvalue weighted by Crippen LogP contribution is -2.31. The van der Waals surface area contributed by atoms with E-state index in [2.05, 4.69) is 10.0 Å². The minimum Gasteiger partial charge on any atom is -0.345 e. The van der Waals surface area contributed by atoms with Gasteiger partial charge in [-0.1, -0.05) is 12.1 Å². The molecule has 1 aliphatic rings. The molecule has 2 heterocycles. The summed E-state index contributed by atoms with van der Waals surface area (Å²) in [6.45, 7) is 0.193. The molecule has 1 unspecified atom stereocenters. The predicted octanol–water partition coefficient (Wildman–Crippen LogP) is 4.33. The molecule has 2 aromatic carbocycles. The Kier molecular flexibility index (Phi) is 6.24. The van der Waals surface area contributed by atoms with Crippen molar-refractivity contribution in [3.63, 3.8) is 0 Å². The van der Waals surface area contributed by atoms with Crippen LogP contribution in [0.2, 0.25) is 0 Å². The zero-order valence-corrected chi connectivity index (χ0v) is 18.2. The highest BCUT2D eigenvalue weighted by Gasteiger charge is 2.24. The van der Waals surface area contributed by atoms with E-state index in [1.807, 2.05) is 17.5 Å². The first-order valence-electron chi connectivity index (χ1n) is 9.27. The fourth-order valence-electron chi connectivity index (χ4n) is 3.22. The molecule has 156 valence electrons. The summed E-state index contributed by atoms with van der Waals surface area (Å²) in [7, 11) is -3.76. The highest BCUT2D eigenvalue weighted by molar-refractivity contribution is 7.99. The van der Waals surface area contributed by atoms with Crippen molar-refractivity contribution in [1.29, 1.82) is 0 Å². The third-order valence-corrected chi connectivity index (χ3v) is 8.14. The van der Waals surface area contributed by atoms with Crippen LogP contribution in [-0.2, 0) is 16.6 Å². The molecule has 3 aromatic rings. The predicted molar refractivity (Wildman–Crippen MR) is 117 cm³/mol. The number of rotatable bonds is 6. The van der Waals surface area contributed by atoms with Crippen LogP contribution in [0, 0.1) is 5.82 Å². The minimum absolute atomic E-state index is 0.0253. The van der Waals surface area contributed by atoms with E-state index in [-0.39, 0.29) is 28.9 Å². The second-order valence-corrected chi connectivity index (χ2v) is 10.7. The first kappa shape index (κ1) is 21.0. The summed E-state index contributed by atoms with van der Waals surface area (Å²) < 4.78 is 41.5. The summed E-state index contributed by atoms with van der Waals surface area (Å²) in [6.07, 6.45) is 0.674. The number of thioether (sulfide) groups is 1. The number of benzene rings is 2. The summed E-state index contributed by atoms with van der Waals surface area (Å²) in [5.41, 5.74) is 0.992. The van der Waals surface area contributed by atoms with Gasteiger partial charge in [0.1, 0.15) is 5.82 Å². The third kappa shape index (κ3) is 4.75. The van der Waals surface area contributed by atoms with Gasteiger partial charge in [0.2, 0.25) is 10.0 Å². The zero-order valence-electron chi connectivity index (χ0n) is 15.8. The number of hydrogen-bond donors (Lipinski definition) is 2. The van der Waals surface area contributed by atoms with E-state index in [1.54, 1.807) is 30.0 Å². The molecule has 9 heteroatoms. The molecule has 1 amide bonds. The van der Waals surface area contributed by atoms with Crippen LogP contribution >= 0.6 is 23.1 Å². The standard InChI is InChI=1S/C21H19FN2O3S3/c22-15-6-7-20-18(12-15)19(8-10-29-20)24-21(25)14-3-1-5-17(11-14)30(26,27)23-13-16-4-2-9-28-16/h1-7,9,11-12,19,23H,8,10,13H2,(H,24,25). The summed E-state index contributed by atoms with van der Waals surface area (Å²) in [5.74, 6) is 0.0720. The highest BCUT2D eigenvalue weighted by Crippen LogP contribution is 2.36. The quantitative estimate of drug-likeness (QED) is 0.572. The van der Waals surface area contributed by atoms with Gasteiger partial charge in [-0.2, -0.15) is 0 Å². The molecule has 1 aromatic heterocycles. The molecule has 2 N–H and O–H groups in total. The minimum atomic E-state index is -3.76. The Labute approximate surface area is 182 Å². The molecule has 0 aliphatic carbocycles. The molecular weight excluding hydrogens is 443 g/mol. The Morgan fingerprint density at radius 3 is 2.80 bits per heavy atom. The maximum Gasteiger partial charge on any atom is 0.251 e. The average molecular weight is 463 g/mol. The van der Waals surface area contributed by atoms with Gasteiger partial charge < -0.3 is 5.32 Å². The molecule has 0 fully saturated rings. The van der Waals surface area contributed by atoms with Gasteiger partial charge in [0.05, 0.1) is 10.9 Å². The molecular formula is C21H19FN2O3S3. The number of sulfonamides is 1. The molecule has 1 atom stereocenters. The van der Waals surface area contributed by atoms with E-state index in [0.717, 1.165) is 21.1 Å². The molecule has 0 bridgehead atoms. The smallest absolute Gasteiger partial charge is 0.251 e. The van der Waals surface area contributed by atoms with Gasteiger partial charge in [0.15, 0.2) is 0 Å². The number of fused-ring (bicyclic) bond motifs is 1. The monoisotopic (exact) mass is 462 g/mol. The van der Waals surface area contributed by atoms with Crippen LogP contribution in [0.3, 0.4) is 0 Å². The first-order chi connectivity index (χ1) is 14.4. The van der Waals surface area contributed by atoms with Crippen LogP contribution in [0.15, 0.2) is 69.8 Å². The molecule has 0 saturated heterocycles. The number of amides is 1. The van der Waals surface area contributed by atoms with Gasteiger partial charge in [-0.3, -0.25) is 4.79 Å². The van der Waals surface area contributed by atoms with Crippen molar-refractivity contribution >= 4 is 39.0 Å². The van der Waals surface area contributed by atoms with Crippen molar-refractivity contribution in [1.82, 2.24) is 10.0 Å². The average Bonchev–Trinajstić information content (AvgIpc) is 3.27. The summed E-state index contributed by atoms with van der Waals surface area (Å²) in [5, 5.41) is 4.80. The van der Waals surface area contributed by atoms with Gasteiger partial charge in [-0.05, 0) is 59.8 Å². The molecule has 0 saturated carbocycles. The Morgan fingerprint density at radius 1 is 1.13 bits per heavy atom. The van der Waals surface area contributed by atoms with E-state index >= 15 is 0 Å². The maximum atomic E-state index is 13.7. The number of nitrogens with one attached hydrogen (secondary N) is 2. The van der Waals surface area contributed by atoms with Crippen LogP contribution in [0.25, 0.3) is 0 Å². The van der Waals surface area contributed by atoms with Crippen molar-refractivity contribution in [2.45, 2.75) is 28.8 Å². The molecule has 5 nitrogen and oxygen atoms in total. The Bertz CT molecular complexity index is 1160.